The largest absolute Gasteiger partial charge is 0.372 e. The van der Waals surface area contributed by atoms with E-state index in [4.69, 9.17) is 0 Å². The lowest BCUT2D eigenvalue weighted by Crippen LogP contribution is -2.13. The van der Waals surface area contributed by atoms with Crippen LogP contribution < -0.4 is 10.0 Å². The molecule has 0 aliphatic rings. The summed E-state index contributed by atoms with van der Waals surface area (Å²) in [5, 5.41) is 8.18. The fourth-order valence-corrected chi connectivity index (χ4v) is 4.32. The minimum atomic E-state index is -3.70. The average molecular weight is 423 g/mol. The van der Waals surface area contributed by atoms with Gasteiger partial charge in [-0.2, -0.15) is 5.10 Å². The van der Waals surface area contributed by atoms with Gasteiger partial charge in [0.25, 0.3) is 10.0 Å². The van der Waals surface area contributed by atoms with Gasteiger partial charge in [0.15, 0.2) is 5.65 Å². The van der Waals surface area contributed by atoms with Crippen molar-refractivity contribution < 1.29 is 8.42 Å². The third-order valence-electron chi connectivity index (χ3n) is 4.72. The lowest BCUT2D eigenvalue weighted by atomic mass is 10.1. The number of sulfonamides is 1. The second kappa shape index (κ2) is 8.11. The van der Waals surface area contributed by atoms with Crippen LogP contribution in [-0.2, 0) is 16.4 Å². The Morgan fingerprint density at radius 2 is 1.87 bits per heavy atom. The van der Waals surface area contributed by atoms with Crippen molar-refractivity contribution in [2.24, 2.45) is 0 Å². The monoisotopic (exact) mass is 422 g/mol. The predicted octanol–water partition coefficient (Wildman–Crippen LogP) is 3.61. The first-order valence-corrected chi connectivity index (χ1v) is 11.1. The van der Waals surface area contributed by atoms with E-state index < -0.39 is 10.0 Å². The summed E-state index contributed by atoms with van der Waals surface area (Å²) in [5.74, 6) is 0.676. The highest BCUT2D eigenvalue weighted by Gasteiger charge is 2.15. The van der Waals surface area contributed by atoms with Gasteiger partial charge in [0, 0.05) is 7.05 Å². The van der Waals surface area contributed by atoms with Crippen LogP contribution in [0.15, 0.2) is 66.0 Å². The molecular weight excluding hydrogens is 400 g/mol. The molecule has 4 rings (SSSR count). The number of hydrogen-bond acceptors (Lipinski definition) is 6. The van der Waals surface area contributed by atoms with Gasteiger partial charge in [-0.15, -0.1) is 0 Å². The quantitative estimate of drug-likeness (QED) is 0.472. The molecule has 2 N–H and O–H groups in total. The molecule has 0 saturated heterocycles. The number of rotatable bonds is 7. The second-order valence-corrected chi connectivity index (χ2v) is 8.50. The van der Waals surface area contributed by atoms with Gasteiger partial charge < -0.3 is 5.32 Å². The maximum absolute atomic E-state index is 12.8. The maximum atomic E-state index is 12.8. The van der Waals surface area contributed by atoms with Crippen molar-refractivity contribution in [2.75, 3.05) is 17.1 Å². The molecule has 2 aromatic heterocycles. The summed E-state index contributed by atoms with van der Waals surface area (Å²) in [5.41, 5.74) is 2.87. The van der Waals surface area contributed by atoms with E-state index in [0.717, 1.165) is 23.8 Å². The van der Waals surface area contributed by atoms with E-state index in [2.05, 4.69) is 32.0 Å². The minimum Gasteiger partial charge on any atom is -0.372 e. The molecule has 0 radical (unpaired) electrons. The molecule has 0 unspecified atom stereocenters. The second-order valence-electron chi connectivity index (χ2n) is 6.82. The molecule has 2 heterocycles. The molecule has 0 bridgehead atoms. The van der Waals surface area contributed by atoms with Crippen LogP contribution in [0.3, 0.4) is 0 Å². The Hall–Kier alpha value is -3.46. The predicted molar refractivity (Wildman–Crippen MR) is 117 cm³/mol. The van der Waals surface area contributed by atoms with E-state index in [1.54, 1.807) is 48.3 Å². The van der Waals surface area contributed by atoms with Gasteiger partial charge in [-0.05, 0) is 42.3 Å². The zero-order valence-corrected chi connectivity index (χ0v) is 17.5. The summed E-state index contributed by atoms with van der Waals surface area (Å²) in [6.07, 6.45) is 5.07. The molecule has 30 heavy (non-hydrogen) atoms. The molecule has 0 atom stereocenters. The molecule has 0 amide bonds. The van der Waals surface area contributed by atoms with Gasteiger partial charge in [-0.1, -0.05) is 31.5 Å². The Kier molecular flexibility index (Phi) is 5.37. The smallest absolute Gasteiger partial charge is 0.261 e. The number of fused-ring (bicyclic) bond motifs is 1. The number of aryl methyl sites for hydroxylation is 1. The fraction of sp³-hybridized carbons (Fsp3) is 0.190. The molecule has 0 aliphatic heterocycles. The first-order valence-electron chi connectivity index (χ1n) is 9.60. The molecule has 154 valence electrons. The normalized spacial score (nSPS) is 11.5. The van der Waals surface area contributed by atoms with Crippen LogP contribution in [0.2, 0.25) is 0 Å². The van der Waals surface area contributed by atoms with E-state index in [1.807, 2.05) is 18.2 Å². The zero-order valence-electron chi connectivity index (χ0n) is 16.7. The summed E-state index contributed by atoms with van der Waals surface area (Å²) in [6.45, 7) is 2.09. The van der Waals surface area contributed by atoms with E-state index in [0.29, 0.717) is 22.8 Å². The summed E-state index contributed by atoms with van der Waals surface area (Å²) in [4.78, 5) is 8.72. The van der Waals surface area contributed by atoms with Crippen molar-refractivity contribution in [3.8, 4) is 5.69 Å². The van der Waals surface area contributed by atoms with E-state index in [1.165, 1.54) is 6.33 Å². The standard InChI is InChI=1S/C21H22N6O2S/c1-3-5-15-8-10-18(11-9-15)30(28,29)26-16-6-4-7-17(12-16)27-21-19(13-25-27)20(22-2)23-14-24-21/h4,6-14,26H,3,5H2,1-2H3,(H,22,23,24). The number of anilines is 2. The molecule has 0 spiro atoms. The SMILES string of the molecule is CCCc1ccc(S(=O)(=O)Nc2cccc(-n3ncc4c(NC)ncnc43)c2)cc1. The van der Waals surface area contributed by atoms with Gasteiger partial charge in [0.2, 0.25) is 0 Å². The van der Waals surface area contributed by atoms with Gasteiger partial charge in [0.1, 0.15) is 12.1 Å². The first-order chi connectivity index (χ1) is 14.5. The molecule has 0 saturated carbocycles. The topological polar surface area (TPSA) is 102 Å². The van der Waals surface area contributed by atoms with Crippen LogP contribution in [0.1, 0.15) is 18.9 Å². The Balaban J connectivity index is 1.64. The Morgan fingerprint density at radius 3 is 2.60 bits per heavy atom. The van der Waals surface area contributed by atoms with E-state index >= 15 is 0 Å². The average Bonchev–Trinajstić information content (AvgIpc) is 3.18. The van der Waals surface area contributed by atoms with Gasteiger partial charge in [-0.25, -0.2) is 23.1 Å². The van der Waals surface area contributed by atoms with Crippen molar-refractivity contribution in [1.82, 2.24) is 19.7 Å². The summed E-state index contributed by atoms with van der Waals surface area (Å²) in [7, 11) is -1.92. The molecule has 8 nitrogen and oxygen atoms in total. The molecule has 9 heteroatoms. The fourth-order valence-electron chi connectivity index (χ4n) is 3.27. The molecule has 0 fully saturated rings. The van der Waals surface area contributed by atoms with Crippen LogP contribution in [0.5, 0.6) is 0 Å². The van der Waals surface area contributed by atoms with Crippen molar-refractivity contribution >= 4 is 32.6 Å². The third kappa shape index (κ3) is 3.84. The highest BCUT2D eigenvalue weighted by Crippen LogP contribution is 2.24. The Labute approximate surface area is 175 Å². The van der Waals surface area contributed by atoms with Crippen LogP contribution in [-0.4, -0.2) is 35.2 Å². The summed E-state index contributed by atoms with van der Waals surface area (Å²) < 4.78 is 29.9. The number of benzene rings is 2. The van der Waals surface area contributed by atoms with Crippen molar-refractivity contribution in [1.29, 1.82) is 0 Å². The van der Waals surface area contributed by atoms with Crippen molar-refractivity contribution in [2.45, 2.75) is 24.7 Å². The number of aromatic nitrogens is 4. The Morgan fingerprint density at radius 1 is 1.07 bits per heavy atom. The highest BCUT2D eigenvalue weighted by molar-refractivity contribution is 7.92. The van der Waals surface area contributed by atoms with E-state index in [9.17, 15) is 8.42 Å². The molecule has 0 aliphatic carbocycles. The molecule has 2 aromatic carbocycles. The minimum absolute atomic E-state index is 0.226. The number of nitrogens with one attached hydrogen (secondary N) is 2. The maximum Gasteiger partial charge on any atom is 0.261 e. The lowest BCUT2D eigenvalue weighted by Gasteiger charge is -2.11. The summed E-state index contributed by atoms with van der Waals surface area (Å²) >= 11 is 0. The van der Waals surface area contributed by atoms with Crippen molar-refractivity contribution in [3.63, 3.8) is 0 Å². The van der Waals surface area contributed by atoms with Crippen LogP contribution in [0.4, 0.5) is 11.5 Å². The number of nitrogens with zero attached hydrogens (tertiary/aromatic N) is 4. The molecular formula is C21H22N6O2S. The van der Waals surface area contributed by atoms with Crippen LogP contribution in [0, 0.1) is 0 Å². The van der Waals surface area contributed by atoms with E-state index in [-0.39, 0.29) is 4.90 Å². The third-order valence-corrected chi connectivity index (χ3v) is 6.12. The number of hydrogen-bond donors (Lipinski definition) is 2. The van der Waals surface area contributed by atoms with Crippen LogP contribution >= 0.6 is 0 Å². The van der Waals surface area contributed by atoms with Crippen LogP contribution in [0.25, 0.3) is 16.7 Å². The Bertz CT molecular complexity index is 1280. The van der Waals surface area contributed by atoms with Gasteiger partial charge in [-0.3, -0.25) is 4.72 Å². The van der Waals surface area contributed by atoms with Gasteiger partial charge in [0.05, 0.1) is 27.9 Å². The lowest BCUT2D eigenvalue weighted by molar-refractivity contribution is 0.601. The van der Waals surface area contributed by atoms with Crippen molar-refractivity contribution in [3.05, 3.63) is 66.6 Å². The summed E-state index contributed by atoms with van der Waals surface area (Å²) in [6, 6.07) is 14.0. The zero-order chi connectivity index (χ0) is 21.1. The van der Waals surface area contributed by atoms with Gasteiger partial charge >= 0.3 is 0 Å². The highest BCUT2D eigenvalue weighted by atomic mass is 32.2. The first kappa shape index (κ1) is 19.8. The molecule has 4 aromatic rings.